The van der Waals surface area contributed by atoms with E-state index in [4.69, 9.17) is 0 Å². The van der Waals surface area contributed by atoms with E-state index in [1.807, 2.05) is 64.1 Å². The molecule has 0 radical (unpaired) electrons. The molecular formula is C20H24N6O. The van der Waals surface area contributed by atoms with E-state index < -0.39 is 0 Å². The van der Waals surface area contributed by atoms with Gasteiger partial charge in [-0.25, -0.2) is 4.68 Å². The molecule has 2 heterocycles. The van der Waals surface area contributed by atoms with Gasteiger partial charge in [0.2, 0.25) is 0 Å². The summed E-state index contributed by atoms with van der Waals surface area (Å²) in [4.78, 5) is 12.1. The van der Waals surface area contributed by atoms with Gasteiger partial charge in [0, 0.05) is 24.3 Å². The second-order valence-electron chi connectivity index (χ2n) is 6.53. The standard InChI is InChI=1S/C20H24N6O/c1-13-5-7-17(8-6-13)20(27)22-12-11-21-18-9-10-19(24-23-18)26-16(4)14(2)15(3)25-26/h5-10H,11-12H2,1-4H3,(H,21,23)(H,22,27). The number of amides is 1. The third-order valence-corrected chi connectivity index (χ3v) is 4.55. The number of carbonyl (C=O) groups excluding carboxylic acids is 1. The summed E-state index contributed by atoms with van der Waals surface area (Å²) in [6.07, 6.45) is 0. The highest BCUT2D eigenvalue weighted by atomic mass is 16.1. The van der Waals surface area contributed by atoms with Crippen molar-refractivity contribution in [1.82, 2.24) is 25.3 Å². The number of benzene rings is 1. The van der Waals surface area contributed by atoms with Gasteiger partial charge < -0.3 is 10.6 Å². The molecule has 3 rings (SSSR count). The Bertz CT molecular complexity index is 928. The molecule has 0 saturated carbocycles. The Morgan fingerprint density at radius 2 is 1.70 bits per heavy atom. The molecule has 27 heavy (non-hydrogen) atoms. The van der Waals surface area contributed by atoms with E-state index in [9.17, 15) is 4.79 Å². The molecular weight excluding hydrogens is 340 g/mol. The van der Waals surface area contributed by atoms with Crippen LogP contribution in [0.4, 0.5) is 5.82 Å². The number of hydrogen-bond donors (Lipinski definition) is 2. The average Bonchev–Trinajstić information content (AvgIpc) is 2.93. The zero-order valence-electron chi connectivity index (χ0n) is 16.1. The molecule has 0 aliphatic carbocycles. The van der Waals surface area contributed by atoms with E-state index in [-0.39, 0.29) is 5.91 Å². The van der Waals surface area contributed by atoms with E-state index in [1.54, 1.807) is 4.68 Å². The normalized spacial score (nSPS) is 10.7. The molecule has 7 nitrogen and oxygen atoms in total. The Morgan fingerprint density at radius 3 is 2.30 bits per heavy atom. The molecule has 0 spiro atoms. The predicted octanol–water partition coefficient (Wildman–Crippen LogP) is 2.74. The van der Waals surface area contributed by atoms with Crippen molar-refractivity contribution in [1.29, 1.82) is 0 Å². The van der Waals surface area contributed by atoms with Gasteiger partial charge >= 0.3 is 0 Å². The van der Waals surface area contributed by atoms with E-state index in [0.717, 1.165) is 22.5 Å². The van der Waals surface area contributed by atoms with E-state index in [2.05, 4.69) is 25.9 Å². The van der Waals surface area contributed by atoms with Crippen molar-refractivity contribution in [3.63, 3.8) is 0 Å². The minimum atomic E-state index is -0.0851. The van der Waals surface area contributed by atoms with Crippen LogP contribution >= 0.6 is 0 Å². The highest BCUT2D eigenvalue weighted by Gasteiger charge is 2.10. The lowest BCUT2D eigenvalue weighted by atomic mass is 10.1. The molecule has 0 fully saturated rings. The van der Waals surface area contributed by atoms with Crippen molar-refractivity contribution in [2.75, 3.05) is 18.4 Å². The number of hydrogen-bond acceptors (Lipinski definition) is 5. The number of nitrogens with zero attached hydrogens (tertiary/aromatic N) is 4. The maximum atomic E-state index is 12.1. The third kappa shape index (κ3) is 4.31. The lowest BCUT2D eigenvalue weighted by Gasteiger charge is -2.08. The number of carbonyl (C=O) groups is 1. The molecule has 0 saturated heterocycles. The van der Waals surface area contributed by atoms with E-state index in [0.29, 0.717) is 30.3 Å². The van der Waals surface area contributed by atoms with Crippen LogP contribution in [0.25, 0.3) is 5.82 Å². The lowest BCUT2D eigenvalue weighted by molar-refractivity contribution is 0.0955. The Kier molecular flexibility index (Phi) is 5.49. The fourth-order valence-corrected chi connectivity index (χ4v) is 2.65. The van der Waals surface area contributed by atoms with Crippen molar-refractivity contribution < 1.29 is 4.79 Å². The molecule has 1 amide bonds. The summed E-state index contributed by atoms with van der Waals surface area (Å²) < 4.78 is 1.79. The van der Waals surface area contributed by atoms with Crippen LogP contribution in [-0.2, 0) is 0 Å². The minimum Gasteiger partial charge on any atom is -0.367 e. The summed E-state index contributed by atoms with van der Waals surface area (Å²) in [5, 5.41) is 18.9. The summed E-state index contributed by atoms with van der Waals surface area (Å²) in [7, 11) is 0. The highest BCUT2D eigenvalue weighted by Crippen LogP contribution is 2.15. The summed E-state index contributed by atoms with van der Waals surface area (Å²) >= 11 is 0. The fraction of sp³-hybridized carbons (Fsp3) is 0.300. The molecule has 3 aromatic rings. The summed E-state index contributed by atoms with van der Waals surface area (Å²) in [6.45, 7) is 9.08. The van der Waals surface area contributed by atoms with Crippen LogP contribution in [-0.4, -0.2) is 39.0 Å². The molecule has 0 atom stereocenters. The minimum absolute atomic E-state index is 0.0851. The third-order valence-electron chi connectivity index (χ3n) is 4.55. The first-order valence-electron chi connectivity index (χ1n) is 8.91. The molecule has 1 aromatic carbocycles. The van der Waals surface area contributed by atoms with Gasteiger partial charge in [-0.05, 0) is 57.5 Å². The maximum Gasteiger partial charge on any atom is 0.251 e. The van der Waals surface area contributed by atoms with Crippen molar-refractivity contribution in [2.24, 2.45) is 0 Å². The second-order valence-corrected chi connectivity index (χ2v) is 6.53. The van der Waals surface area contributed by atoms with Crippen molar-refractivity contribution >= 4 is 11.7 Å². The monoisotopic (exact) mass is 364 g/mol. The van der Waals surface area contributed by atoms with Gasteiger partial charge in [0.1, 0.15) is 5.82 Å². The number of rotatable bonds is 6. The first kappa shape index (κ1) is 18.6. The summed E-state index contributed by atoms with van der Waals surface area (Å²) in [5.41, 5.74) is 4.99. The van der Waals surface area contributed by atoms with Crippen molar-refractivity contribution in [3.8, 4) is 5.82 Å². The van der Waals surface area contributed by atoms with Gasteiger partial charge in [-0.2, -0.15) is 5.10 Å². The zero-order chi connectivity index (χ0) is 19.4. The summed E-state index contributed by atoms with van der Waals surface area (Å²) in [6, 6.07) is 11.2. The smallest absolute Gasteiger partial charge is 0.251 e. The van der Waals surface area contributed by atoms with Gasteiger partial charge in [0.05, 0.1) is 5.69 Å². The quantitative estimate of drug-likeness (QED) is 0.657. The Labute approximate surface area is 158 Å². The van der Waals surface area contributed by atoms with Gasteiger partial charge in [0.25, 0.3) is 5.91 Å². The number of aryl methyl sites for hydroxylation is 2. The molecule has 2 aromatic heterocycles. The van der Waals surface area contributed by atoms with Crippen LogP contribution in [0.5, 0.6) is 0 Å². The number of anilines is 1. The first-order valence-corrected chi connectivity index (χ1v) is 8.91. The SMILES string of the molecule is Cc1ccc(C(=O)NCCNc2ccc(-n3nc(C)c(C)c3C)nn2)cc1. The number of aromatic nitrogens is 4. The highest BCUT2D eigenvalue weighted by molar-refractivity contribution is 5.94. The molecule has 0 unspecified atom stereocenters. The second kappa shape index (κ2) is 7.99. The first-order chi connectivity index (χ1) is 13.0. The average molecular weight is 364 g/mol. The van der Waals surface area contributed by atoms with E-state index in [1.165, 1.54) is 0 Å². The van der Waals surface area contributed by atoms with Crippen LogP contribution in [0, 0.1) is 27.7 Å². The molecule has 140 valence electrons. The molecule has 0 bridgehead atoms. The zero-order valence-corrected chi connectivity index (χ0v) is 16.1. The van der Waals surface area contributed by atoms with Gasteiger partial charge in [0.15, 0.2) is 5.82 Å². The molecule has 7 heteroatoms. The largest absolute Gasteiger partial charge is 0.367 e. The Hall–Kier alpha value is -3.22. The Morgan fingerprint density at radius 1 is 0.963 bits per heavy atom. The van der Waals surface area contributed by atoms with Crippen molar-refractivity contribution in [3.05, 3.63) is 64.5 Å². The topological polar surface area (TPSA) is 84.7 Å². The van der Waals surface area contributed by atoms with Gasteiger partial charge in [-0.3, -0.25) is 4.79 Å². The Balaban J connectivity index is 1.51. The van der Waals surface area contributed by atoms with Crippen LogP contribution in [0.2, 0.25) is 0 Å². The fourth-order valence-electron chi connectivity index (χ4n) is 2.65. The van der Waals surface area contributed by atoms with Gasteiger partial charge in [-0.1, -0.05) is 17.7 Å². The lowest BCUT2D eigenvalue weighted by Crippen LogP contribution is -2.28. The summed E-state index contributed by atoms with van der Waals surface area (Å²) in [5.74, 6) is 1.25. The molecule has 2 N–H and O–H groups in total. The van der Waals surface area contributed by atoms with Crippen LogP contribution in [0.1, 0.15) is 32.9 Å². The van der Waals surface area contributed by atoms with E-state index >= 15 is 0 Å². The molecule has 0 aliphatic rings. The van der Waals surface area contributed by atoms with Crippen LogP contribution < -0.4 is 10.6 Å². The van der Waals surface area contributed by atoms with Crippen LogP contribution in [0.3, 0.4) is 0 Å². The maximum absolute atomic E-state index is 12.1. The van der Waals surface area contributed by atoms with Crippen LogP contribution in [0.15, 0.2) is 36.4 Å². The predicted molar refractivity (Wildman–Crippen MR) is 105 cm³/mol. The molecule has 0 aliphatic heterocycles. The van der Waals surface area contributed by atoms with Crippen molar-refractivity contribution in [2.45, 2.75) is 27.7 Å². The number of nitrogens with one attached hydrogen (secondary N) is 2. The van der Waals surface area contributed by atoms with Gasteiger partial charge in [-0.15, -0.1) is 10.2 Å².